The predicted molar refractivity (Wildman–Crippen MR) is 155 cm³/mol. The van der Waals surface area contributed by atoms with E-state index in [4.69, 9.17) is 9.47 Å². The number of non-ortho nitro benzene ring substituents is 1. The average molecular weight is 607 g/mol. The first-order chi connectivity index (χ1) is 20.5. The van der Waals surface area contributed by atoms with Crippen LogP contribution in [0.4, 0.5) is 5.69 Å². The maximum atomic E-state index is 13.7. The molecule has 1 aromatic carbocycles. The van der Waals surface area contributed by atoms with Gasteiger partial charge >= 0.3 is 0 Å². The molecule has 0 bridgehead atoms. The van der Waals surface area contributed by atoms with Gasteiger partial charge in [-0.05, 0) is 55.2 Å². The van der Waals surface area contributed by atoms with Gasteiger partial charge in [-0.2, -0.15) is 0 Å². The summed E-state index contributed by atoms with van der Waals surface area (Å²) in [5, 5.41) is 33.9. The summed E-state index contributed by atoms with van der Waals surface area (Å²) in [5.41, 5.74) is -0.823. The first kappa shape index (κ1) is 28.7. The van der Waals surface area contributed by atoms with Gasteiger partial charge in [-0.1, -0.05) is 37.6 Å². The van der Waals surface area contributed by atoms with Crippen molar-refractivity contribution < 1.29 is 34.2 Å². The lowest BCUT2D eigenvalue weighted by atomic mass is 9.46. The zero-order valence-electron chi connectivity index (χ0n) is 24.0. The molecule has 2 N–H and O–H groups in total. The maximum Gasteiger partial charge on any atom is 0.269 e. The minimum atomic E-state index is -1.43. The van der Waals surface area contributed by atoms with E-state index in [2.05, 4.69) is 11.9 Å². The Labute approximate surface area is 252 Å². The van der Waals surface area contributed by atoms with Crippen molar-refractivity contribution in [3.05, 3.63) is 79.8 Å². The standard InChI is InChI=1S/C32H34N2O8S/c1-30-9-8-20(36)12-18(30)6-7-21-22-13-26-32(25(38)16-35,31(22,2)14-23(37)28(21)30)42-29(41-26)24-15-33-27(43-24)11-17-4-3-5-19(10-17)34(39)40/h3-5,8-10,12,15,21-23,26,28-29,35,37H,6-7,11,13-14,16H2,1-2H3/t21-,22-,23-,26+,28+,29+,30-,31-,32+/m0/s1. The normalized spacial score (nSPS) is 39.4. The van der Waals surface area contributed by atoms with Crippen LogP contribution < -0.4 is 0 Å². The molecule has 4 aliphatic carbocycles. The SMILES string of the molecule is C[C@]12C=CC(=O)C=C1CC[C@@H]1[C@@H]2[C@@H](O)C[C@@]2(C)[C@H]1C[C@H]1O[C@@H](c3cnc(Cc4cccc([N+](=O)[O-])c4)s3)O[C@]12C(=O)CO. The molecule has 4 fully saturated rings. The highest BCUT2D eigenvalue weighted by molar-refractivity contribution is 7.11. The molecule has 0 amide bonds. The molecule has 5 aliphatic rings. The van der Waals surface area contributed by atoms with Crippen molar-refractivity contribution in [3.8, 4) is 0 Å². The van der Waals surface area contributed by atoms with Crippen molar-refractivity contribution in [2.45, 2.75) is 70.1 Å². The third-order valence-electron chi connectivity index (χ3n) is 11.1. The van der Waals surface area contributed by atoms with Crippen molar-refractivity contribution in [2.75, 3.05) is 6.61 Å². The Morgan fingerprint density at radius 3 is 2.88 bits per heavy atom. The summed E-state index contributed by atoms with van der Waals surface area (Å²) in [6.45, 7) is 3.41. The number of carbonyl (C=O) groups excluding carboxylic acids is 2. The van der Waals surface area contributed by atoms with Crippen LogP contribution in [0.15, 0.2) is 54.3 Å². The molecule has 0 unspecified atom stereocenters. The molecule has 10 nitrogen and oxygen atoms in total. The minimum Gasteiger partial charge on any atom is -0.393 e. The van der Waals surface area contributed by atoms with E-state index in [-0.39, 0.29) is 29.2 Å². The van der Waals surface area contributed by atoms with Gasteiger partial charge in [0.15, 0.2) is 23.5 Å². The summed E-state index contributed by atoms with van der Waals surface area (Å²) >= 11 is 1.36. The highest BCUT2D eigenvalue weighted by atomic mass is 32.1. The van der Waals surface area contributed by atoms with Crippen LogP contribution in [0, 0.1) is 38.7 Å². The van der Waals surface area contributed by atoms with E-state index < -0.39 is 52.2 Å². The second-order valence-electron chi connectivity index (χ2n) is 13.1. The highest BCUT2D eigenvalue weighted by Gasteiger charge is 2.76. The van der Waals surface area contributed by atoms with Gasteiger partial charge in [-0.15, -0.1) is 11.3 Å². The summed E-state index contributed by atoms with van der Waals surface area (Å²) in [6, 6.07) is 6.42. The predicted octanol–water partition coefficient (Wildman–Crippen LogP) is 4.24. The molecular weight excluding hydrogens is 572 g/mol. The Bertz CT molecular complexity index is 1580. The van der Waals surface area contributed by atoms with Gasteiger partial charge in [-0.3, -0.25) is 19.7 Å². The molecule has 43 heavy (non-hydrogen) atoms. The molecule has 226 valence electrons. The number of rotatable bonds is 6. The summed E-state index contributed by atoms with van der Waals surface area (Å²) in [6.07, 6.45) is 7.52. The summed E-state index contributed by atoms with van der Waals surface area (Å²) in [5.74, 6) is -0.476. The van der Waals surface area contributed by atoms with Crippen LogP contribution >= 0.6 is 11.3 Å². The zero-order valence-corrected chi connectivity index (χ0v) is 24.8. The Morgan fingerprint density at radius 1 is 1.30 bits per heavy atom. The van der Waals surface area contributed by atoms with Crippen LogP contribution in [-0.4, -0.2) is 56.1 Å². The molecule has 2 aromatic rings. The van der Waals surface area contributed by atoms with Crippen molar-refractivity contribution >= 4 is 28.6 Å². The maximum absolute atomic E-state index is 13.7. The van der Waals surface area contributed by atoms with Crippen molar-refractivity contribution in [1.29, 1.82) is 0 Å². The second kappa shape index (κ2) is 9.97. The number of hydrogen-bond donors (Lipinski definition) is 2. The third kappa shape index (κ3) is 4.09. The number of thiazole rings is 1. The zero-order chi connectivity index (χ0) is 30.3. The first-order valence-electron chi connectivity index (χ1n) is 14.8. The van der Waals surface area contributed by atoms with Gasteiger partial charge in [0.05, 0.1) is 27.0 Å². The lowest BCUT2D eigenvalue weighted by Crippen LogP contribution is -2.63. The number of benzene rings is 1. The Morgan fingerprint density at radius 2 is 2.12 bits per heavy atom. The number of nitro groups is 1. The second-order valence-corrected chi connectivity index (χ2v) is 14.2. The molecule has 9 atom stereocenters. The van der Waals surface area contributed by atoms with Gasteiger partial charge in [0.25, 0.3) is 5.69 Å². The smallest absolute Gasteiger partial charge is 0.269 e. The lowest BCUT2D eigenvalue weighted by molar-refractivity contribution is -0.384. The lowest BCUT2D eigenvalue weighted by Gasteiger charge is -2.59. The number of ether oxygens (including phenoxy) is 2. The molecule has 7 rings (SSSR count). The van der Waals surface area contributed by atoms with E-state index in [1.54, 1.807) is 24.4 Å². The summed E-state index contributed by atoms with van der Waals surface area (Å²) < 4.78 is 13.1. The largest absolute Gasteiger partial charge is 0.393 e. The monoisotopic (exact) mass is 606 g/mol. The van der Waals surface area contributed by atoms with Crippen LogP contribution in [0.3, 0.4) is 0 Å². The molecule has 0 radical (unpaired) electrons. The van der Waals surface area contributed by atoms with Gasteiger partial charge in [0.2, 0.25) is 0 Å². The number of aliphatic hydroxyl groups is 2. The fourth-order valence-electron chi connectivity index (χ4n) is 9.28. The van der Waals surface area contributed by atoms with Crippen LogP contribution in [0.5, 0.6) is 0 Å². The van der Waals surface area contributed by atoms with Crippen LogP contribution in [0.2, 0.25) is 0 Å². The van der Waals surface area contributed by atoms with E-state index in [9.17, 15) is 29.9 Å². The van der Waals surface area contributed by atoms with Crippen molar-refractivity contribution in [2.24, 2.45) is 28.6 Å². The number of carbonyl (C=O) groups is 2. The molecule has 3 saturated carbocycles. The molecule has 0 spiro atoms. The molecule has 1 aromatic heterocycles. The minimum absolute atomic E-state index is 0.0117. The van der Waals surface area contributed by atoms with Gasteiger partial charge in [-0.25, -0.2) is 4.98 Å². The molecule has 11 heteroatoms. The van der Waals surface area contributed by atoms with Crippen LogP contribution in [0.25, 0.3) is 0 Å². The average Bonchev–Trinajstić information content (AvgIpc) is 3.65. The Hall–Kier alpha value is -3.09. The Balaban J connectivity index is 1.18. The number of fused-ring (bicyclic) bond motifs is 7. The summed E-state index contributed by atoms with van der Waals surface area (Å²) in [7, 11) is 0. The Kier molecular flexibility index (Phi) is 6.64. The number of aromatic nitrogens is 1. The topological polar surface area (TPSA) is 149 Å². The van der Waals surface area contributed by atoms with Crippen molar-refractivity contribution in [3.63, 3.8) is 0 Å². The quantitative estimate of drug-likeness (QED) is 0.364. The number of ketones is 2. The fraction of sp³-hybridized carbons (Fsp3) is 0.531. The fourth-order valence-corrected chi connectivity index (χ4v) is 10.2. The van der Waals surface area contributed by atoms with E-state index in [0.717, 1.165) is 29.0 Å². The van der Waals surface area contributed by atoms with E-state index in [0.29, 0.717) is 24.1 Å². The molecule has 2 heterocycles. The molecule has 1 saturated heterocycles. The van der Waals surface area contributed by atoms with E-state index in [1.807, 2.05) is 19.1 Å². The third-order valence-corrected chi connectivity index (χ3v) is 12.1. The molecular formula is C32H34N2O8S. The first-order valence-corrected chi connectivity index (χ1v) is 15.6. The van der Waals surface area contributed by atoms with Crippen molar-refractivity contribution in [1.82, 2.24) is 4.98 Å². The number of hydrogen-bond acceptors (Lipinski definition) is 10. The van der Waals surface area contributed by atoms with Gasteiger partial charge < -0.3 is 19.7 Å². The van der Waals surface area contributed by atoms with E-state index in [1.165, 1.54) is 23.5 Å². The molecule has 1 aliphatic heterocycles. The number of Topliss-reactive ketones (excluding diaryl/α,β-unsaturated/α-hetero) is 1. The number of aliphatic hydroxyl groups excluding tert-OH is 2. The highest BCUT2D eigenvalue weighted by Crippen LogP contribution is 2.70. The van der Waals surface area contributed by atoms with Crippen LogP contribution in [0.1, 0.15) is 61.3 Å². The number of nitrogens with zero attached hydrogens (tertiary/aromatic N) is 2. The van der Waals surface area contributed by atoms with E-state index >= 15 is 0 Å². The summed E-state index contributed by atoms with van der Waals surface area (Å²) in [4.78, 5) is 41.8. The van der Waals surface area contributed by atoms with Gasteiger partial charge in [0, 0.05) is 41.5 Å². The number of nitro benzene ring substituents is 1. The van der Waals surface area contributed by atoms with Gasteiger partial charge in [0.1, 0.15) is 6.61 Å². The number of allylic oxidation sites excluding steroid dienone is 4. The van der Waals surface area contributed by atoms with Crippen LogP contribution in [-0.2, 0) is 25.5 Å².